The van der Waals surface area contributed by atoms with Gasteiger partial charge in [-0.05, 0) is 38.7 Å². The lowest BCUT2D eigenvalue weighted by molar-refractivity contribution is -0.117. The molecule has 1 amide bonds. The van der Waals surface area contributed by atoms with Crippen LogP contribution in [0.5, 0.6) is 0 Å². The van der Waals surface area contributed by atoms with Gasteiger partial charge in [-0.3, -0.25) is 4.79 Å². The molecule has 0 spiro atoms. The summed E-state index contributed by atoms with van der Waals surface area (Å²) in [4.78, 5) is 11.3. The van der Waals surface area contributed by atoms with Gasteiger partial charge in [-0.1, -0.05) is 6.08 Å². The summed E-state index contributed by atoms with van der Waals surface area (Å²) in [5.41, 5.74) is 0. The van der Waals surface area contributed by atoms with Gasteiger partial charge in [-0.2, -0.15) is 0 Å². The molecular formula is C11H19NO2. The third-order valence-corrected chi connectivity index (χ3v) is 2.66. The second-order valence-electron chi connectivity index (χ2n) is 3.75. The monoisotopic (exact) mass is 197 g/mol. The first-order chi connectivity index (χ1) is 6.74. The second-order valence-corrected chi connectivity index (χ2v) is 3.75. The highest BCUT2D eigenvalue weighted by atomic mass is 16.5. The summed E-state index contributed by atoms with van der Waals surface area (Å²) in [6.07, 6.45) is 5.43. The van der Waals surface area contributed by atoms with Gasteiger partial charge < -0.3 is 10.1 Å². The Kier molecular flexibility index (Phi) is 4.66. The highest BCUT2D eigenvalue weighted by Crippen LogP contribution is 2.18. The van der Waals surface area contributed by atoms with Crippen LogP contribution in [0.25, 0.3) is 0 Å². The van der Waals surface area contributed by atoms with E-state index in [2.05, 4.69) is 12.2 Å². The zero-order chi connectivity index (χ0) is 10.4. The van der Waals surface area contributed by atoms with E-state index in [4.69, 9.17) is 4.74 Å². The van der Waals surface area contributed by atoms with Crippen molar-refractivity contribution in [1.29, 1.82) is 0 Å². The molecule has 1 heterocycles. The van der Waals surface area contributed by atoms with Crippen LogP contribution in [0.4, 0.5) is 0 Å². The van der Waals surface area contributed by atoms with Gasteiger partial charge in [0.25, 0.3) is 0 Å². The van der Waals surface area contributed by atoms with Gasteiger partial charge in [0, 0.05) is 19.3 Å². The van der Waals surface area contributed by atoms with Gasteiger partial charge in [-0.15, -0.1) is 0 Å². The average molecular weight is 197 g/mol. The summed E-state index contributed by atoms with van der Waals surface area (Å²) in [6, 6.07) is 0.252. The molecule has 0 saturated carbocycles. The second kappa shape index (κ2) is 5.81. The number of hydrogen-bond acceptors (Lipinski definition) is 2. The van der Waals surface area contributed by atoms with Crippen LogP contribution in [0.15, 0.2) is 12.2 Å². The number of amides is 1. The molecule has 0 aromatic heterocycles. The molecule has 1 aliphatic heterocycles. The van der Waals surface area contributed by atoms with Crippen LogP contribution < -0.4 is 5.32 Å². The van der Waals surface area contributed by atoms with E-state index in [0.29, 0.717) is 5.92 Å². The summed E-state index contributed by atoms with van der Waals surface area (Å²) in [5.74, 6) is 0.574. The van der Waals surface area contributed by atoms with Crippen LogP contribution >= 0.6 is 0 Å². The average Bonchev–Trinajstić information content (AvgIpc) is 2.19. The minimum atomic E-state index is 0.00601. The molecule has 0 aliphatic carbocycles. The summed E-state index contributed by atoms with van der Waals surface area (Å²) < 4.78 is 5.28. The van der Waals surface area contributed by atoms with Crippen LogP contribution in [0.1, 0.15) is 26.7 Å². The summed E-state index contributed by atoms with van der Waals surface area (Å²) in [5, 5.41) is 2.97. The van der Waals surface area contributed by atoms with Crippen molar-refractivity contribution in [3.05, 3.63) is 12.2 Å². The quantitative estimate of drug-likeness (QED) is 0.696. The molecule has 80 valence electrons. The molecule has 1 N–H and O–H groups in total. The van der Waals surface area contributed by atoms with Crippen LogP contribution in [0, 0.1) is 5.92 Å². The highest BCUT2D eigenvalue weighted by Gasteiger charge is 2.20. The Morgan fingerprint density at radius 3 is 2.71 bits per heavy atom. The number of carbonyl (C=O) groups excluding carboxylic acids is 1. The van der Waals surface area contributed by atoms with Gasteiger partial charge >= 0.3 is 0 Å². The van der Waals surface area contributed by atoms with Crippen molar-refractivity contribution in [3.63, 3.8) is 0 Å². The Labute approximate surface area is 85.5 Å². The Bertz CT molecular complexity index is 207. The molecule has 1 aliphatic rings. The Morgan fingerprint density at radius 1 is 1.50 bits per heavy atom. The fourth-order valence-electron chi connectivity index (χ4n) is 1.76. The van der Waals surface area contributed by atoms with Gasteiger partial charge in [0.1, 0.15) is 0 Å². The molecule has 0 aromatic rings. The van der Waals surface area contributed by atoms with Crippen molar-refractivity contribution in [1.82, 2.24) is 5.32 Å². The van der Waals surface area contributed by atoms with Gasteiger partial charge in [0.2, 0.25) is 5.91 Å². The normalized spacial score (nSPS) is 21.0. The largest absolute Gasteiger partial charge is 0.381 e. The van der Waals surface area contributed by atoms with Crippen molar-refractivity contribution in [2.24, 2.45) is 5.92 Å². The number of ether oxygens (including phenoxy) is 1. The van der Waals surface area contributed by atoms with Gasteiger partial charge in [-0.25, -0.2) is 0 Å². The lowest BCUT2D eigenvalue weighted by Gasteiger charge is -2.27. The highest BCUT2D eigenvalue weighted by molar-refractivity contribution is 5.87. The van der Waals surface area contributed by atoms with Crippen molar-refractivity contribution < 1.29 is 9.53 Å². The Balaban J connectivity index is 2.32. The maximum Gasteiger partial charge on any atom is 0.243 e. The Morgan fingerprint density at radius 2 is 2.14 bits per heavy atom. The van der Waals surface area contributed by atoms with Crippen LogP contribution in [-0.2, 0) is 9.53 Å². The number of allylic oxidation sites excluding steroid dienone is 1. The molecular weight excluding hydrogens is 178 g/mol. The van der Waals surface area contributed by atoms with Crippen LogP contribution in [-0.4, -0.2) is 25.2 Å². The number of hydrogen-bond donors (Lipinski definition) is 1. The van der Waals surface area contributed by atoms with E-state index < -0.39 is 0 Å². The van der Waals surface area contributed by atoms with Crippen molar-refractivity contribution in [3.8, 4) is 0 Å². The van der Waals surface area contributed by atoms with Gasteiger partial charge in [0.05, 0.1) is 0 Å². The summed E-state index contributed by atoms with van der Waals surface area (Å²) in [6.45, 7) is 5.57. The molecule has 3 nitrogen and oxygen atoms in total. The maximum absolute atomic E-state index is 11.3. The zero-order valence-electron chi connectivity index (χ0n) is 8.95. The fraction of sp³-hybridized carbons (Fsp3) is 0.727. The lowest BCUT2D eigenvalue weighted by Crippen LogP contribution is -2.39. The number of rotatable bonds is 3. The minimum Gasteiger partial charge on any atom is -0.381 e. The van der Waals surface area contributed by atoms with Gasteiger partial charge in [0.15, 0.2) is 0 Å². The van der Waals surface area contributed by atoms with Crippen molar-refractivity contribution in [2.45, 2.75) is 32.7 Å². The van der Waals surface area contributed by atoms with E-state index in [-0.39, 0.29) is 11.9 Å². The van der Waals surface area contributed by atoms with E-state index >= 15 is 0 Å². The van der Waals surface area contributed by atoms with Crippen LogP contribution in [0.3, 0.4) is 0 Å². The molecule has 0 radical (unpaired) electrons. The molecule has 14 heavy (non-hydrogen) atoms. The first kappa shape index (κ1) is 11.2. The number of carbonyl (C=O) groups is 1. The first-order valence-corrected chi connectivity index (χ1v) is 5.25. The molecule has 1 rings (SSSR count). The summed E-state index contributed by atoms with van der Waals surface area (Å²) in [7, 11) is 0. The molecule has 0 aromatic carbocycles. The van der Waals surface area contributed by atoms with E-state index in [1.165, 1.54) is 0 Å². The van der Waals surface area contributed by atoms with E-state index in [0.717, 1.165) is 26.1 Å². The summed E-state index contributed by atoms with van der Waals surface area (Å²) >= 11 is 0. The first-order valence-electron chi connectivity index (χ1n) is 5.25. The molecule has 0 bridgehead atoms. The molecule has 1 atom stereocenters. The predicted octanol–water partition coefficient (Wildman–Crippen LogP) is 1.49. The van der Waals surface area contributed by atoms with E-state index in [1.807, 2.05) is 6.92 Å². The molecule has 1 saturated heterocycles. The third-order valence-electron chi connectivity index (χ3n) is 2.66. The predicted molar refractivity (Wildman–Crippen MR) is 56.0 cm³/mol. The van der Waals surface area contributed by atoms with Crippen molar-refractivity contribution >= 4 is 5.91 Å². The SMILES string of the molecule is C/C=C/C(=O)NC(C)C1CCOCC1. The third kappa shape index (κ3) is 3.50. The van der Waals surface area contributed by atoms with Crippen molar-refractivity contribution in [2.75, 3.05) is 13.2 Å². The Hall–Kier alpha value is -0.830. The molecule has 1 unspecified atom stereocenters. The smallest absolute Gasteiger partial charge is 0.243 e. The van der Waals surface area contributed by atoms with Crippen LogP contribution in [0.2, 0.25) is 0 Å². The molecule has 1 fully saturated rings. The maximum atomic E-state index is 11.3. The minimum absolute atomic E-state index is 0.00601. The fourth-order valence-corrected chi connectivity index (χ4v) is 1.76. The number of nitrogens with one attached hydrogen (secondary N) is 1. The van der Waals surface area contributed by atoms with E-state index in [1.54, 1.807) is 12.2 Å². The zero-order valence-corrected chi connectivity index (χ0v) is 8.95. The topological polar surface area (TPSA) is 38.3 Å². The van der Waals surface area contributed by atoms with E-state index in [9.17, 15) is 4.79 Å². The standard InChI is InChI=1S/C11H19NO2/c1-3-4-11(13)12-9(2)10-5-7-14-8-6-10/h3-4,9-10H,5-8H2,1-2H3,(H,12,13)/b4-3+. The molecule has 3 heteroatoms. The lowest BCUT2D eigenvalue weighted by atomic mass is 9.93.